The van der Waals surface area contributed by atoms with Crippen LogP contribution in [0, 0.1) is 11.6 Å². The molecule has 0 spiro atoms. The van der Waals surface area contributed by atoms with Crippen molar-refractivity contribution in [1.82, 2.24) is 5.32 Å². The van der Waals surface area contributed by atoms with Crippen LogP contribution in [0.4, 0.5) is 8.78 Å². The number of hydrogen-bond acceptors (Lipinski definition) is 2. The largest absolute Gasteiger partial charge is 0.374 e. The lowest BCUT2D eigenvalue weighted by molar-refractivity contribution is -0.0871. The van der Waals surface area contributed by atoms with Gasteiger partial charge in [0.2, 0.25) is 0 Å². The Morgan fingerprint density at radius 2 is 2.16 bits per heavy atom. The van der Waals surface area contributed by atoms with Crippen LogP contribution in [0.2, 0.25) is 0 Å². The molecule has 1 aromatic rings. The van der Waals surface area contributed by atoms with Crippen LogP contribution in [0.1, 0.15) is 31.7 Å². The van der Waals surface area contributed by atoms with Crippen LogP contribution < -0.4 is 5.32 Å². The van der Waals surface area contributed by atoms with Gasteiger partial charge in [-0.1, -0.05) is 6.07 Å². The van der Waals surface area contributed by atoms with E-state index in [4.69, 9.17) is 4.74 Å². The summed E-state index contributed by atoms with van der Waals surface area (Å²) in [4.78, 5) is 0. The van der Waals surface area contributed by atoms with Gasteiger partial charge in [0.05, 0.1) is 5.60 Å². The lowest BCUT2D eigenvalue weighted by Gasteiger charge is -2.40. The first kappa shape index (κ1) is 14.4. The maximum atomic E-state index is 13.7. The summed E-state index contributed by atoms with van der Waals surface area (Å²) < 4.78 is 32.5. The third-order valence-corrected chi connectivity index (χ3v) is 4.02. The summed E-state index contributed by atoms with van der Waals surface area (Å²) in [6, 6.07) is 3.77. The topological polar surface area (TPSA) is 21.3 Å². The Kier molecular flexibility index (Phi) is 4.53. The maximum Gasteiger partial charge on any atom is 0.129 e. The minimum absolute atomic E-state index is 0.0211. The number of rotatable bonds is 4. The average Bonchev–Trinajstić information content (AvgIpc) is 2.38. The van der Waals surface area contributed by atoms with Crippen molar-refractivity contribution < 1.29 is 13.5 Å². The minimum Gasteiger partial charge on any atom is -0.374 e. The smallest absolute Gasteiger partial charge is 0.129 e. The van der Waals surface area contributed by atoms with Crippen LogP contribution in [-0.2, 0) is 11.2 Å². The number of ether oxygens (including phenoxy) is 1. The van der Waals surface area contributed by atoms with E-state index in [-0.39, 0.29) is 11.6 Å². The summed E-state index contributed by atoms with van der Waals surface area (Å²) in [5.74, 6) is -1.03. The Morgan fingerprint density at radius 3 is 2.74 bits per heavy atom. The minimum atomic E-state index is -0.539. The number of likely N-dealkylation sites (N-methyl/N-ethyl adjacent to an activating group) is 1. The average molecular weight is 269 g/mol. The number of hydrogen-bond donors (Lipinski definition) is 1. The van der Waals surface area contributed by atoms with Gasteiger partial charge in [-0.2, -0.15) is 0 Å². The molecule has 106 valence electrons. The predicted octanol–water partition coefficient (Wildman–Crippen LogP) is 3.05. The molecular formula is C15H21F2NO. The highest BCUT2D eigenvalue weighted by atomic mass is 19.1. The molecule has 2 rings (SSSR count). The molecule has 0 saturated carbocycles. The highest BCUT2D eigenvalue weighted by Crippen LogP contribution is 2.30. The van der Waals surface area contributed by atoms with E-state index < -0.39 is 11.6 Å². The quantitative estimate of drug-likeness (QED) is 0.907. The molecule has 2 nitrogen and oxygen atoms in total. The van der Waals surface area contributed by atoms with Gasteiger partial charge in [0.1, 0.15) is 11.6 Å². The van der Waals surface area contributed by atoms with E-state index in [0.717, 1.165) is 31.9 Å². The first-order valence-corrected chi connectivity index (χ1v) is 6.80. The fourth-order valence-electron chi connectivity index (χ4n) is 2.76. The normalized spacial score (nSPS) is 25.3. The molecule has 0 aliphatic carbocycles. The molecular weight excluding hydrogens is 248 g/mol. The molecule has 1 fully saturated rings. The highest BCUT2D eigenvalue weighted by molar-refractivity contribution is 5.20. The van der Waals surface area contributed by atoms with E-state index in [9.17, 15) is 8.78 Å². The van der Waals surface area contributed by atoms with Gasteiger partial charge in [0.25, 0.3) is 0 Å². The van der Waals surface area contributed by atoms with Crippen LogP contribution in [0.3, 0.4) is 0 Å². The summed E-state index contributed by atoms with van der Waals surface area (Å²) >= 11 is 0. The van der Waals surface area contributed by atoms with Crippen molar-refractivity contribution in [3.05, 3.63) is 35.4 Å². The molecule has 0 aromatic heterocycles. The zero-order valence-electron chi connectivity index (χ0n) is 11.5. The molecule has 0 bridgehead atoms. The Hall–Kier alpha value is -1.00. The van der Waals surface area contributed by atoms with Crippen molar-refractivity contribution in [2.24, 2.45) is 0 Å². The molecule has 0 radical (unpaired) electrons. The van der Waals surface area contributed by atoms with Gasteiger partial charge < -0.3 is 10.1 Å². The number of halogens is 2. The standard InChI is InChI=1S/C15H21F2NO/c1-15(7-3-4-8-19-15)14(18-2)9-11-5-6-12(16)10-13(11)17/h5-6,10,14,18H,3-4,7-9H2,1-2H3. The van der Waals surface area contributed by atoms with Crippen LogP contribution in [0.5, 0.6) is 0 Å². The van der Waals surface area contributed by atoms with Crippen molar-refractivity contribution in [1.29, 1.82) is 0 Å². The Labute approximate surface area is 113 Å². The first-order valence-electron chi connectivity index (χ1n) is 6.80. The van der Waals surface area contributed by atoms with Crippen molar-refractivity contribution in [2.75, 3.05) is 13.7 Å². The molecule has 1 aliphatic rings. The van der Waals surface area contributed by atoms with Crippen LogP contribution >= 0.6 is 0 Å². The van der Waals surface area contributed by atoms with Gasteiger partial charge in [0.15, 0.2) is 0 Å². The van der Waals surface area contributed by atoms with Gasteiger partial charge in [-0.25, -0.2) is 8.78 Å². The fraction of sp³-hybridized carbons (Fsp3) is 0.600. The van der Waals surface area contributed by atoms with Crippen molar-refractivity contribution in [2.45, 2.75) is 44.2 Å². The molecule has 4 heteroatoms. The molecule has 1 aliphatic heterocycles. The molecule has 1 N–H and O–H groups in total. The van der Waals surface area contributed by atoms with Crippen LogP contribution in [0.15, 0.2) is 18.2 Å². The van der Waals surface area contributed by atoms with Crippen molar-refractivity contribution in [3.8, 4) is 0 Å². The van der Waals surface area contributed by atoms with Gasteiger partial charge in [-0.15, -0.1) is 0 Å². The van der Waals surface area contributed by atoms with E-state index in [0.29, 0.717) is 12.0 Å². The van der Waals surface area contributed by atoms with E-state index in [1.165, 1.54) is 12.1 Å². The van der Waals surface area contributed by atoms with E-state index >= 15 is 0 Å². The highest BCUT2D eigenvalue weighted by Gasteiger charge is 2.36. The second-order valence-corrected chi connectivity index (χ2v) is 5.40. The monoisotopic (exact) mass is 269 g/mol. The van der Waals surface area contributed by atoms with Crippen LogP contribution in [-0.4, -0.2) is 25.3 Å². The SMILES string of the molecule is CNC(Cc1ccc(F)cc1F)C1(C)CCCCO1. The lowest BCUT2D eigenvalue weighted by Crippen LogP contribution is -2.52. The van der Waals surface area contributed by atoms with Crippen LogP contribution in [0.25, 0.3) is 0 Å². The van der Waals surface area contributed by atoms with Gasteiger partial charge >= 0.3 is 0 Å². The maximum absolute atomic E-state index is 13.7. The molecule has 1 saturated heterocycles. The second kappa shape index (κ2) is 5.97. The summed E-state index contributed by atoms with van der Waals surface area (Å²) in [5.41, 5.74) is 0.240. The van der Waals surface area contributed by atoms with Crippen molar-refractivity contribution >= 4 is 0 Å². The van der Waals surface area contributed by atoms with E-state index in [1.54, 1.807) is 0 Å². The molecule has 1 aromatic carbocycles. The molecule has 19 heavy (non-hydrogen) atoms. The summed E-state index contributed by atoms with van der Waals surface area (Å²) in [6.07, 6.45) is 3.66. The zero-order valence-corrected chi connectivity index (χ0v) is 11.5. The Balaban J connectivity index is 2.14. The number of benzene rings is 1. The van der Waals surface area contributed by atoms with E-state index in [1.807, 2.05) is 7.05 Å². The Morgan fingerprint density at radius 1 is 1.37 bits per heavy atom. The van der Waals surface area contributed by atoms with E-state index in [2.05, 4.69) is 12.2 Å². The zero-order chi connectivity index (χ0) is 13.9. The lowest BCUT2D eigenvalue weighted by atomic mass is 9.84. The van der Waals surface area contributed by atoms with Gasteiger partial charge in [-0.05, 0) is 51.3 Å². The molecule has 1 heterocycles. The summed E-state index contributed by atoms with van der Waals surface area (Å²) in [5, 5.41) is 3.22. The number of nitrogens with one attached hydrogen (secondary N) is 1. The third kappa shape index (κ3) is 3.31. The third-order valence-electron chi connectivity index (χ3n) is 4.02. The fourth-order valence-corrected chi connectivity index (χ4v) is 2.76. The van der Waals surface area contributed by atoms with Gasteiger partial charge in [-0.3, -0.25) is 0 Å². The molecule has 0 amide bonds. The molecule has 2 atom stereocenters. The summed E-state index contributed by atoms with van der Waals surface area (Å²) in [6.45, 7) is 2.81. The first-order chi connectivity index (χ1) is 9.05. The second-order valence-electron chi connectivity index (χ2n) is 5.40. The summed E-state index contributed by atoms with van der Waals surface area (Å²) in [7, 11) is 1.86. The van der Waals surface area contributed by atoms with Gasteiger partial charge in [0, 0.05) is 18.7 Å². The molecule has 2 unspecified atom stereocenters. The Bertz CT molecular complexity index is 430. The van der Waals surface area contributed by atoms with Crippen molar-refractivity contribution in [3.63, 3.8) is 0 Å². The predicted molar refractivity (Wildman–Crippen MR) is 71.1 cm³/mol.